The minimum atomic E-state index is -0.651. The molecular formula is C38H32O2. The van der Waals surface area contributed by atoms with Crippen LogP contribution in [0.4, 0.5) is 0 Å². The van der Waals surface area contributed by atoms with Crippen LogP contribution in [0.3, 0.4) is 0 Å². The van der Waals surface area contributed by atoms with Gasteiger partial charge in [0.05, 0.1) is 13.5 Å². The van der Waals surface area contributed by atoms with Gasteiger partial charge in [-0.05, 0) is 56.5 Å². The van der Waals surface area contributed by atoms with Crippen molar-refractivity contribution in [2.75, 3.05) is 7.11 Å². The van der Waals surface area contributed by atoms with Gasteiger partial charge in [-0.2, -0.15) is 0 Å². The van der Waals surface area contributed by atoms with Crippen molar-refractivity contribution < 1.29 is 9.53 Å². The number of benzene rings is 5. The Morgan fingerprint density at radius 3 is 1.35 bits per heavy atom. The molecule has 0 bridgehead atoms. The summed E-state index contributed by atoms with van der Waals surface area (Å²) in [5.41, 5.74) is 10.2. The molecule has 0 spiro atoms. The van der Waals surface area contributed by atoms with Crippen LogP contribution in [0.2, 0.25) is 0 Å². The van der Waals surface area contributed by atoms with Gasteiger partial charge in [0.25, 0.3) is 0 Å². The van der Waals surface area contributed by atoms with E-state index in [-0.39, 0.29) is 23.7 Å². The second kappa shape index (κ2) is 9.34. The number of hydrogen-bond donors (Lipinski definition) is 0. The number of carbonyl (C=O) groups is 1. The largest absolute Gasteiger partial charge is 0.469 e. The standard InChI is InChI=1S/C38H32O2/c1-3-37(31-21-11-7-17-27(31)28-18-8-12-22-32(28)37)36(26-15-5-4-6-16-26)38(25-35(39)40-2)33-23-13-9-19-29(33)30-20-10-14-24-34(30)38/h4-24,36H,3,25H2,1-2H3. The van der Waals surface area contributed by atoms with E-state index in [1.165, 1.54) is 57.2 Å². The van der Waals surface area contributed by atoms with Gasteiger partial charge in [-0.1, -0.05) is 134 Å². The zero-order chi connectivity index (χ0) is 27.3. The maximum absolute atomic E-state index is 13.6. The van der Waals surface area contributed by atoms with E-state index in [0.717, 1.165) is 6.42 Å². The molecule has 0 aromatic heterocycles. The Bertz CT molecular complexity index is 1640. The van der Waals surface area contributed by atoms with Crippen molar-refractivity contribution in [2.24, 2.45) is 0 Å². The van der Waals surface area contributed by atoms with Gasteiger partial charge in [-0.15, -0.1) is 0 Å². The summed E-state index contributed by atoms with van der Waals surface area (Å²) < 4.78 is 5.48. The maximum Gasteiger partial charge on any atom is 0.306 e. The van der Waals surface area contributed by atoms with Gasteiger partial charge in [0.15, 0.2) is 0 Å². The minimum Gasteiger partial charge on any atom is -0.469 e. The highest BCUT2D eigenvalue weighted by Gasteiger charge is 2.60. The first kappa shape index (κ1) is 24.6. The molecule has 0 amide bonds. The molecule has 40 heavy (non-hydrogen) atoms. The first-order valence-corrected chi connectivity index (χ1v) is 14.2. The highest BCUT2D eigenvalue weighted by atomic mass is 16.5. The Morgan fingerprint density at radius 2 is 0.950 bits per heavy atom. The second-order valence-corrected chi connectivity index (χ2v) is 11.1. The van der Waals surface area contributed by atoms with Crippen molar-refractivity contribution in [1.82, 2.24) is 0 Å². The van der Waals surface area contributed by atoms with Crippen molar-refractivity contribution in [1.29, 1.82) is 0 Å². The first-order chi connectivity index (χ1) is 19.7. The van der Waals surface area contributed by atoms with Crippen LogP contribution in [0, 0.1) is 0 Å². The summed E-state index contributed by atoms with van der Waals surface area (Å²) in [5.74, 6) is -0.279. The maximum atomic E-state index is 13.6. The van der Waals surface area contributed by atoms with E-state index in [0.29, 0.717) is 0 Å². The minimum absolute atomic E-state index is 0.0834. The fourth-order valence-electron chi connectivity index (χ4n) is 8.15. The number of carbonyl (C=O) groups excluding carboxylic acids is 1. The van der Waals surface area contributed by atoms with Gasteiger partial charge in [0.2, 0.25) is 0 Å². The molecule has 0 saturated heterocycles. The van der Waals surface area contributed by atoms with Crippen LogP contribution >= 0.6 is 0 Å². The number of ether oxygens (including phenoxy) is 1. The lowest BCUT2D eigenvalue weighted by molar-refractivity contribution is -0.142. The van der Waals surface area contributed by atoms with Crippen molar-refractivity contribution in [3.8, 4) is 22.3 Å². The molecule has 1 unspecified atom stereocenters. The lowest BCUT2D eigenvalue weighted by Gasteiger charge is -2.50. The third-order valence-electron chi connectivity index (χ3n) is 9.54. The number of rotatable bonds is 6. The van der Waals surface area contributed by atoms with E-state index in [4.69, 9.17) is 4.74 Å². The molecule has 2 aliphatic carbocycles. The molecule has 196 valence electrons. The molecule has 5 aromatic rings. The van der Waals surface area contributed by atoms with Crippen LogP contribution in [0.15, 0.2) is 127 Å². The number of methoxy groups -OCH3 is 1. The summed E-state index contributed by atoms with van der Waals surface area (Å²) in [7, 11) is 1.51. The molecule has 0 N–H and O–H groups in total. The molecule has 0 saturated carbocycles. The zero-order valence-electron chi connectivity index (χ0n) is 22.9. The van der Waals surface area contributed by atoms with Crippen molar-refractivity contribution in [3.05, 3.63) is 155 Å². The highest BCUT2D eigenvalue weighted by molar-refractivity contribution is 5.88. The van der Waals surface area contributed by atoms with Crippen molar-refractivity contribution in [3.63, 3.8) is 0 Å². The molecule has 0 aliphatic heterocycles. The number of fused-ring (bicyclic) bond motifs is 6. The Morgan fingerprint density at radius 1 is 0.575 bits per heavy atom. The summed E-state index contributed by atoms with van der Waals surface area (Å²) in [4.78, 5) is 13.6. The predicted octanol–water partition coefficient (Wildman–Crippen LogP) is 8.68. The molecule has 0 fully saturated rings. The Hall–Kier alpha value is -4.43. The first-order valence-electron chi connectivity index (χ1n) is 14.2. The molecule has 7 rings (SSSR count). The lowest BCUT2D eigenvalue weighted by atomic mass is 9.51. The van der Waals surface area contributed by atoms with Gasteiger partial charge < -0.3 is 4.74 Å². The predicted molar refractivity (Wildman–Crippen MR) is 161 cm³/mol. The number of esters is 1. The molecule has 1 atom stereocenters. The van der Waals surface area contributed by atoms with Crippen LogP contribution in [0.5, 0.6) is 0 Å². The van der Waals surface area contributed by atoms with Crippen molar-refractivity contribution in [2.45, 2.75) is 36.5 Å². The van der Waals surface area contributed by atoms with E-state index in [1.54, 1.807) is 0 Å². The normalized spacial score (nSPS) is 15.8. The third kappa shape index (κ3) is 3.20. The molecule has 0 heterocycles. The van der Waals surface area contributed by atoms with Crippen LogP contribution in [0.25, 0.3) is 22.3 Å². The Labute approximate surface area is 236 Å². The van der Waals surface area contributed by atoms with Crippen LogP contribution in [-0.2, 0) is 20.4 Å². The molecular weight excluding hydrogens is 488 g/mol. The second-order valence-electron chi connectivity index (χ2n) is 11.1. The average molecular weight is 521 g/mol. The van der Waals surface area contributed by atoms with Gasteiger partial charge >= 0.3 is 5.97 Å². The smallest absolute Gasteiger partial charge is 0.306 e. The molecule has 5 aromatic carbocycles. The lowest BCUT2D eigenvalue weighted by Crippen LogP contribution is -2.47. The quantitative estimate of drug-likeness (QED) is 0.209. The van der Waals surface area contributed by atoms with E-state index < -0.39 is 5.41 Å². The van der Waals surface area contributed by atoms with Gasteiger partial charge in [0.1, 0.15) is 0 Å². The van der Waals surface area contributed by atoms with E-state index in [2.05, 4.69) is 134 Å². The van der Waals surface area contributed by atoms with Gasteiger partial charge in [-0.3, -0.25) is 4.79 Å². The summed E-state index contributed by atoms with van der Waals surface area (Å²) in [5, 5.41) is 0. The summed E-state index contributed by atoms with van der Waals surface area (Å²) >= 11 is 0. The van der Waals surface area contributed by atoms with E-state index >= 15 is 0 Å². The summed E-state index contributed by atoms with van der Waals surface area (Å²) in [6.07, 6.45) is 1.14. The number of hydrogen-bond acceptors (Lipinski definition) is 2. The molecule has 2 nitrogen and oxygen atoms in total. The van der Waals surface area contributed by atoms with E-state index in [9.17, 15) is 4.79 Å². The third-order valence-corrected chi connectivity index (χ3v) is 9.54. The molecule has 2 aliphatic rings. The summed E-state index contributed by atoms with van der Waals surface area (Å²) in [6.45, 7) is 2.31. The average Bonchev–Trinajstić information content (AvgIpc) is 3.46. The Balaban J connectivity index is 1.67. The zero-order valence-corrected chi connectivity index (χ0v) is 22.9. The van der Waals surface area contributed by atoms with Crippen molar-refractivity contribution >= 4 is 5.97 Å². The monoisotopic (exact) mass is 520 g/mol. The fourth-order valence-corrected chi connectivity index (χ4v) is 8.15. The van der Waals surface area contributed by atoms with Crippen LogP contribution in [0.1, 0.15) is 53.5 Å². The SMILES string of the molecule is CCC1(C(c2ccccc2)C2(CC(=O)OC)c3ccccc3-c3ccccc32)c2ccccc2-c2ccccc21. The Kier molecular flexibility index (Phi) is 5.75. The van der Waals surface area contributed by atoms with Crippen LogP contribution < -0.4 is 0 Å². The molecule has 2 heteroatoms. The van der Waals surface area contributed by atoms with E-state index in [1.807, 2.05) is 0 Å². The fraction of sp³-hybridized carbons (Fsp3) is 0.184. The van der Waals surface area contributed by atoms with Gasteiger partial charge in [0, 0.05) is 16.7 Å². The molecule has 0 radical (unpaired) electrons. The topological polar surface area (TPSA) is 26.3 Å². The van der Waals surface area contributed by atoms with Crippen LogP contribution in [-0.4, -0.2) is 13.1 Å². The van der Waals surface area contributed by atoms with Gasteiger partial charge in [-0.25, -0.2) is 0 Å². The summed E-state index contributed by atoms with van der Waals surface area (Å²) in [6, 6.07) is 46.0. The highest BCUT2D eigenvalue weighted by Crippen LogP contribution is 2.67.